The van der Waals surface area contributed by atoms with Crippen LogP contribution in [0.1, 0.15) is 24.4 Å². The smallest absolute Gasteiger partial charge is 0.191 e. The first-order valence-corrected chi connectivity index (χ1v) is 9.18. The SMILES string of the molecule is Fc1ccccc1-c1nnc(SCCc2ccccc2)n1C1CC1. The maximum absolute atomic E-state index is 14.1. The highest BCUT2D eigenvalue weighted by atomic mass is 32.2. The van der Waals surface area contributed by atoms with Crippen LogP contribution >= 0.6 is 11.8 Å². The molecule has 0 N–H and O–H groups in total. The second kappa shape index (κ2) is 6.77. The number of aromatic nitrogens is 3. The Balaban J connectivity index is 1.55. The van der Waals surface area contributed by atoms with Gasteiger partial charge >= 0.3 is 0 Å². The Bertz CT molecular complexity index is 828. The van der Waals surface area contributed by atoms with E-state index >= 15 is 0 Å². The maximum atomic E-state index is 14.1. The molecule has 0 spiro atoms. The lowest BCUT2D eigenvalue weighted by atomic mass is 10.2. The number of benzene rings is 2. The van der Waals surface area contributed by atoms with Crippen molar-refractivity contribution in [2.45, 2.75) is 30.5 Å². The summed E-state index contributed by atoms with van der Waals surface area (Å²) in [5.74, 6) is 1.34. The van der Waals surface area contributed by atoms with E-state index < -0.39 is 0 Å². The van der Waals surface area contributed by atoms with E-state index in [4.69, 9.17) is 0 Å². The first-order chi connectivity index (χ1) is 11.8. The van der Waals surface area contributed by atoms with Gasteiger partial charge in [0.05, 0.1) is 5.56 Å². The van der Waals surface area contributed by atoms with Crippen LogP contribution < -0.4 is 0 Å². The van der Waals surface area contributed by atoms with Gasteiger partial charge in [-0.1, -0.05) is 54.2 Å². The first kappa shape index (κ1) is 15.4. The largest absolute Gasteiger partial charge is 0.299 e. The van der Waals surface area contributed by atoms with Gasteiger partial charge in [-0.15, -0.1) is 10.2 Å². The summed E-state index contributed by atoms with van der Waals surface area (Å²) in [6.07, 6.45) is 3.22. The summed E-state index contributed by atoms with van der Waals surface area (Å²) in [6.45, 7) is 0. The molecular formula is C19H18FN3S. The zero-order valence-corrected chi connectivity index (χ0v) is 14.0. The molecule has 3 nitrogen and oxygen atoms in total. The summed E-state index contributed by atoms with van der Waals surface area (Å²) in [5, 5.41) is 9.52. The van der Waals surface area contributed by atoms with Crippen molar-refractivity contribution in [2.75, 3.05) is 5.75 Å². The molecule has 0 unspecified atom stereocenters. The van der Waals surface area contributed by atoms with Gasteiger partial charge in [-0.25, -0.2) is 4.39 Å². The lowest BCUT2D eigenvalue weighted by Gasteiger charge is -2.09. The summed E-state index contributed by atoms with van der Waals surface area (Å²) >= 11 is 1.70. The second-order valence-corrected chi connectivity index (χ2v) is 7.03. The molecule has 0 saturated heterocycles. The van der Waals surface area contributed by atoms with Crippen LogP contribution in [0.15, 0.2) is 59.8 Å². The van der Waals surface area contributed by atoms with Crippen molar-refractivity contribution in [3.63, 3.8) is 0 Å². The minimum Gasteiger partial charge on any atom is -0.299 e. The fourth-order valence-corrected chi connectivity index (χ4v) is 3.76. The van der Waals surface area contributed by atoms with Crippen LogP contribution in [-0.2, 0) is 6.42 Å². The van der Waals surface area contributed by atoms with Gasteiger partial charge in [0.1, 0.15) is 5.82 Å². The maximum Gasteiger partial charge on any atom is 0.191 e. The molecule has 122 valence electrons. The molecule has 1 aromatic heterocycles. The Morgan fingerprint density at radius 2 is 1.75 bits per heavy atom. The van der Waals surface area contributed by atoms with Crippen LogP contribution in [0.2, 0.25) is 0 Å². The zero-order valence-electron chi connectivity index (χ0n) is 13.2. The minimum absolute atomic E-state index is 0.243. The van der Waals surface area contributed by atoms with Crippen molar-refractivity contribution in [3.8, 4) is 11.4 Å². The highest BCUT2D eigenvalue weighted by Gasteiger charge is 2.30. The zero-order chi connectivity index (χ0) is 16.4. The summed E-state index contributed by atoms with van der Waals surface area (Å²) in [6, 6.07) is 17.6. The molecule has 0 aliphatic heterocycles. The third-order valence-electron chi connectivity index (χ3n) is 4.16. The average molecular weight is 339 g/mol. The predicted molar refractivity (Wildman–Crippen MR) is 94.6 cm³/mol. The van der Waals surface area contributed by atoms with Crippen molar-refractivity contribution >= 4 is 11.8 Å². The quantitative estimate of drug-likeness (QED) is 0.607. The molecular weight excluding hydrogens is 321 g/mol. The fourth-order valence-electron chi connectivity index (χ4n) is 2.77. The van der Waals surface area contributed by atoms with Crippen LogP contribution in [0, 0.1) is 5.82 Å². The summed E-state index contributed by atoms with van der Waals surface area (Å²) < 4.78 is 16.3. The molecule has 24 heavy (non-hydrogen) atoms. The first-order valence-electron chi connectivity index (χ1n) is 8.19. The molecule has 1 heterocycles. The van der Waals surface area contributed by atoms with Gasteiger partial charge in [0.25, 0.3) is 0 Å². The molecule has 0 bridgehead atoms. The second-order valence-electron chi connectivity index (χ2n) is 5.97. The van der Waals surface area contributed by atoms with E-state index in [-0.39, 0.29) is 5.82 Å². The fraction of sp³-hybridized carbons (Fsp3) is 0.263. The Morgan fingerprint density at radius 3 is 2.50 bits per heavy atom. The summed E-state index contributed by atoms with van der Waals surface area (Å²) in [7, 11) is 0. The third-order valence-corrected chi connectivity index (χ3v) is 5.10. The monoisotopic (exact) mass is 339 g/mol. The molecule has 3 aromatic rings. The van der Waals surface area contributed by atoms with Crippen molar-refractivity contribution < 1.29 is 4.39 Å². The molecule has 0 radical (unpaired) electrons. The molecule has 4 rings (SSSR count). The molecule has 1 aliphatic carbocycles. The lowest BCUT2D eigenvalue weighted by Crippen LogP contribution is -2.01. The van der Waals surface area contributed by atoms with Crippen LogP contribution in [0.4, 0.5) is 4.39 Å². The van der Waals surface area contributed by atoms with Crippen LogP contribution in [-0.4, -0.2) is 20.5 Å². The van der Waals surface area contributed by atoms with E-state index in [1.54, 1.807) is 23.9 Å². The number of thioether (sulfide) groups is 1. The Labute approximate surface area is 144 Å². The van der Waals surface area contributed by atoms with Crippen LogP contribution in [0.5, 0.6) is 0 Å². The molecule has 1 fully saturated rings. The third kappa shape index (κ3) is 3.22. The molecule has 1 saturated carbocycles. The number of aryl methyl sites for hydroxylation is 1. The van der Waals surface area contributed by atoms with Gasteiger partial charge < -0.3 is 0 Å². The minimum atomic E-state index is -0.243. The Morgan fingerprint density at radius 1 is 1.00 bits per heavy atom. The highest BCUT2D eigenvalue weighted by molar-refractivity contribution is 7.99. The van der Waals surface area contributed by atoms with Crippen molar-refractivity contribution in [3.05, 3.63) is 66.0 Å². The Kier molecular flexibility index (Phi) is 4.34. The van der Waals surface area contributed by atoms with E-state index in [0.717, 1.165) is 30.2 Å². The number of rotatable bonds is 6. The summed E-state index contributed by atoms with van der Waals surface area (Å²) in [5.41, 5.74) is 1.85. The van der Waals surface area contributed by atoms with E-state index in [0.29, 0.717) is 17.4 Å². The van der Waals surface area contributed by atoms with Crippen molar-refractivity contribution in [1.29, 1.82) is 0 Å². The van der Waals surface area contributed by atoms with Crippen LogP contribution in [0.25, 0.3) is 11.4 Å². The van der Waals surface area contributed by atoms with E-state index in [1.165, 1.54) is 11.6 Å². The van der Waals surface area contributed by atoms with Gasteiger partial charge in [0.15, 0.2) is 11.0 Å². The highest BCUT2D eigenvalue weighted by Crippen LogP contribution is 2.41. The molecule has 1 aliphatic rings. The Hall–Kier alpha value is -2.14. The van der Waals surface area contributed by atoms with Gasteiger partial charge in [-0.3, -0.25) is 4.57 Å². The van der Waals surface area contributed by atoms with Crippen molar-refractivity contribution in [2.24, 2.45) is 0 Å². The average Bonchev–Trinajstić information content (AvgIpc) is 3.37. The lowest BCUT2D eigenvalue weighted by molar-refractivity contribution is 0.622. The molecule has 0 amide bonds. The van der Waals surface area contributed by atoms with E-state index in [9.17, 15) is 4.39 Å². The predicted octanol–water partition coefficient (Wildman–Crippen LogP) is 4.75. The molecule has 5 heteroatoms. The normalized spacial score (nSPS) is 14.0. The van der Waals surface area contributed by atoms with Gasteiger partial charge in [0.2, 0.25) is 0 Å². The number of hydrogen-bond donors (Lipinski definition) is 0. The summed E-state index contributed by atoms with van der Waals surface area (Å²) in [4.78, 5) is 0. The molecule has 2 aromatic carbocycles. The van der Waals surface area contributed by atoms with Gasteiger partial charge in [-0.05, 0) is 37.0 Å². The molecule has 0 atom stereocenters. The van der Waals surface area contributed by atoms with E-state index in [1.807, 2.05) is 12.1 Å². The van der Waals surface area contributed by atoms with Crippen LogP contribution in [0.3, 0.4) is 0 Å². The van der Waals surface area contributed by atoms with E-state index in [2.05, 4.69) is 39.0 Å². The topological polar surface area (TPSA) is 30.7 Å². The number of halogens is 1. The number of hydrogen-bond acceptors (Lipinski definition) is 3. The van der Waals surface area contributed by atoms with Gasteiger partial charge in [-0.2, -0.15) is 0 Å². The standard InChI is InChI=1S/C19H18FN3S/c20-17-9-5-4-8-16(17)18-21-22-19(23(18)15-10-11-15)24-13-12-14-6-2-1-3-7-14/h1-9,15H,10-13H2. The van der Waals surface area contributed by atoms with Gasteiger partial charge in [0, 0.05) is 11.8 Å². The van der Waals surface area contributed by atoms with Crippen molar-refractivity contribution in [1.82, 2.24) is 14.8 Å². The number of nitrogens with zero attached hydrogens (tertiary/aromatic N) is 3.